The SMILES string of the molecule is CC/C=C\C/C=C\C/C=C\C/C=C\C/C=C\C/C=C\C/C=C\C/C=C\CCCCCCCCCCCCC(=O)OC(COC(=O)CCCCCCC/C=C\CCCCCC)COC(OCC[N+](C)(C)C)C(=O)[O-]. The molecule has 0 aromatic rings. The number of nitrogens with zero attached hydrogens (tertiary/aromatic N) is 1. The van der Waals surface area contributed by atoms with Crippen LogP contribution in [-0.4, -0.2) is 82.3 Å². The number of hydrogen-bond acceptors (Lipinski definition) is 8. The van der Waals surface area contributed by atoms with Crippen molar-refractivity contribution in [3.63, 3.8) is 0 Å². The minimum atomic E-state index is -1.63. The van der Waals surface area contributed by atoms with Gasteiger partial charge in [-0.25, -0.2) is 0 Å². The number of likely N-dealkylation sites (N-methyl/N-ethyl adjacent to an activating group) is 1. The quantitative estimate of drug-likeness (QED) is 0.0195. The number of rotatable bonds is 52. The zero-order chi connectivity index (χ0) is 53.4. The molecule has 0 aliphatic rings. The van der Waals surface area contributed by atoms with Crippen LogP contribution in [0, 0.1) is 0 Å². The highest BCUT2D eigenvalue weighted by Gasteiger charge is 2.22. The predicted octanol–water partition coefficient (Wildman–Crippen LogP) is 15.8. The van der Waals surface area contributed by atoms with Gasteiger partial charge in [-0.2, -0.15) is 0 Å². The Morgan fingerprint density at radius 3 is 1.18 bits per heavy atom. The lowest BCUT2D eigenvalue weighted by molar-refractivity contribution is -0.870. The molecule has 0 bridgehead atoms. The smallest absolute Gasteiger partial charge is 0.306 e. The number of ether oxygens (including phenoxy) is 4. The fraction of sp³-hybridized carbons (Fsp3) is 0.672. The van der Waals surface area contributed by atoms with Gasteiger partial charge in [0.25, 0.3) is 0 Å². The number of hydrogen-bond donors (Lipinski definition) is 0. The molecule has 0 spiro atoms. The summed E-state index contributed by atoms with van der Waals surface area (Å²) in [5.41, 5.74) is 0. The zero-order valence-corrected chi connectivity index (χ0v) is 47.2. The lowest BCUT2D eigenvalue weighted by Gasteiger charge is -2.26. The van der Waals surface area contributed by atoms with Gasteiger partial charge in [0.05, 0.1) is 40.3 Å². The van der Waals surface area contributed by atoms with Gasteiger partial charge in [0.2, 0.25) is 0 Å². The van der Waals surface area contributed by atoms with Crippen LogP contribution in [0.4, 0.5) is 0 Å². The summed E-state index contributed by atoms with van der Waals surface area (Å²) in [7, 11) is 5.91. The number of allylic oxidation sites excluding steroid dienone is 18. The van der Waals surface area contributed by atoms with E-state index in [-0.39, 0.29) is 38.6 Å². The van der Waals surface area contributed by atoms with Crippen molar-refractivity contribution in [1.29, 1.82) is 0 Å². The molecule has 0 heterocycles. The molecule has 0 N–H and O–H groups in total. The van der Waals surface area contributed by atoms with E-state index in [0.717, 1.165) is 116 Å². The van der Waals surface area contributed by atoms with E-state index in [2.05, 4.69) is 123 Å². The predicted molar refractivity (Wildman–Crippen MR) is 306 cm³/mol. The van der Waals surface area contributed by atoms with Crippen LogP contribution in [0.3, 0.4) is 0 Å². The van der Waals surface area contributed by atoms with Crippen molar-refractivity contribution in [3.8, 4) is 0 Å². The third-order valence-corrected chi connectivity index (χ3v) is 12.0. The fourth-order valence-electron chi connectivity index (χ4n) is 7.55. The van der Waals surface area contributed by atoms with Crippen molar-refractivity contribution in [1.82, 2.24) is 0 Å². The molecular formula is C64H107NO8. The Balaban J connectivity index is 4.19. The summed E-state index contributed by atoms with van der Waals surface area (Å²) in [4.78, 5) is 37.2. The average Bonchev–Trinajstić information content (AvgIpc) is 3.36. The van der Waals surface area contributed by atoms with Crippen molar-refractivity contribution >= 4 is 17.9 Å². The van der Waals surface area contributed by atoms with E-state index in [9.17, 15) is 19.5 Å². The zero-order valence-electron chi connectivity index (χ0n) is 47.2. The molecule has 0 saturated heterocycles. The van der Waals surface area contributed by atoms with Gasteiger partial charge in [0, 0.05) is 12.8 Å². The highest BCUT2D eigenvalue weighted by molar-refractivity contribution is 5.70. The van der Waals surface area contributed by atoms with Gasteiger partial charge < -0.3 is 33.3 Å². The second-order valence-corrected chi connectivity index (χ2v) is 20.2. The van der Waals surface area contributed by atoms with E-state index in [4.69, 9.17) is 18.9 Å². The number of quaternary nitrogens is 1. The maximum Gasteiger partial charge on any atom is 0.306 e. The second-order valence-electron chi connectivity index (χ2n) is 20.2. The number of aliphatic carboxylic acids is 1. The van der Waals surface area contributed by atoms with Crippen molar-refractivity contribution in [2.75, 3.05) is 47.5 Å². The van der Waals surface area contributed by atoms with Gasteiger partial charge in [-0.1, -0.05) is 213 Å². The topological polar surface area (TPSA) is 111 Å². The van der Waals surface area contributed by atoms with Crippen LogP contribution in [0.1, 0.15) is 219 Å². The van der Waals surface area contributed by atoms with Crippen LogP contribution in [0.25, 0.3) is 0 Å². The van der Waals surface area contributed by atoms with E-state index in [1.807, 2.05) is 21.1 Å². The maximum atomic E-state index is 12.8. The minimum Gasteiger partial charge on any atom is -0.545 e. The first-order chi connectivity index (χ1) is 35.6. The minimum absolute atomic E-state index is 0.141. The van der Waals surface area contributed by atoms with Gasteiger partial charge in [0.15, 0.2) is 12.4 Å². The molecule has 9 nitrogen and oxygen atoms in total. The van der Waals surface area contributed by atoms with Crippen molar-refractivity contribution in [2.24, 2.45) is 0 Å². The van der Waals surface area contributed by atoms with Gasteiger partial charge in [-0.3, -0.25) is 9.59 Å². The Morgan fingerprint density at radius 2 is 0.781 bits per heavy atom. The molecule has 0 aliphatic carbocycles. The first kappa shape index (κ1) is 69.0. The molecule has 0 saturated carbocycles. The molecular weight excluding hydrogens is 911 g/mol. The van der Waals surface area contributed by atoms with Crippen LogP contribution in [0.2, 0.25) is 0 Å². The Kier molecular flexibility index (Phi) is 51.2. The summed E-state index contributed by atoms with van der Waals surface area (Å²) in [5, 5.41) is 11.8. The molecule has 0 aromatic carbocycles. The summed E-state index contributed by atoms with van der Waals surface area (Å²) in [6, 6.07) is 0. The van der Waals surface area contributed by atoms with Crippen LogP contribution < -0.4 is 5.11 Å². The third-order valence-electron chi connectivity index (χ3n) is 12.0. The number of carboxylic acid groups (broad SMARTS) is 1. The van der Waals surface area contributed by atoms with E-state index < -0.39 is 24.3 Å². The number of esters is 2. The Hall–Kier alpha value is -4.05. The molecule has 2 unspecified atom stereocenters. The molecule has 73 heavy (non-hydrogen) atoms. The Labute approximate surface area is 447 Å². The molecule has 0 aromatic heterocycles. The fourth-order valence-corrected chi connectivity index (χ4v) is 7.55. The summed E-state index contributed by atoms with van der Waals surface area (Å²) in [6.45, 7) is 4.59. The lowest BCUT2D eigenvalue weighted by Crippen LogP contribution is -2.44. The third kappa shape index (κ3) is 55.5. The van der Waals surface area contributed by atoms with E-state index in [1.165, 1.54) is 70.6 Å². The Bertz CT molecular complexity index is 1560. The molecule has 0 radical (unpaired) electrons. The van der Waals surface area contributed by atoms with Gasteiger partial charge >= 0.3 is 11.9 Å². The van der Waals surface area contributed by atoms with E-state index in [1.54, 1.807) is 0 Å². The van der Waals surface area contributed by atoms with Crippen molar-refractivity contribution in [3.05, 3.63) is 109 Å². The van der Waals surface area contributed by atoms with Gasteiger partial charge in [-0.05, 0) is 103 Å². The molecule has 0 fully saturated rings. The standard InChI is InChI=1S/C64H107NO8/c1-6-8-10-12-14-16-18-20-21-22-23-24-25-26-27-28-29-30-31-32-33-34-35-36-37-38-39-40-41-43-45-47-49-51-53-55-62(67)73-60(59-72-64(63(68)69)70-57-56-65(3,4)5)58-71-61(66)54-52-50-48-46-44-42-19-17-15-13-11-9-7-2/h8,10,14,16-17,19-21,23-24,26-27,29-30,32-33,35-36,60,64H,6-7,9,11-13,15,18,22,25,28,31,34,37-59H2,1-5H3/b10-8-,16-14-,19-17-,21-20-,24-23-,27-26-,30-29-,33-32-,36-35-. The number of carbonyl (C=O) groups is 3. The van der Waals surface area contributed by atoms with Gasteiger partial charge in [0.1, 0.15) is 13.2 Å². The van der Waals surface area contributed by atoms with E-state index >= 15 is 0 Å². The van der Waals surface area contributed by atoms with Crippen molar-refractivity contribution in [2.45, 2.75) is 232 Å². The van der Waals surface area contributed by atoms with Crippen LogP contribution >= 0.6 is 0 Å². The molecule has 9 heteroatoms. The number of carboxylic acids is 1. The summed E-state index contributed by atoms with van der Waals surface area (Å²) < 4.78 is 22.6. The first-order valence-corrected chi connectivity index (χ1v) is 29.0. The molecule has 0 rings (SSSR count). The highest BCUT2D eigenvalue weighted by atomic mass is 16.7. The average molecular weight is 1020 g/mol. The largest absolute Gasteiger partial charge is 0.545 e. The van der Waals surface area contributed by atoms with Crippen LogP contribution in [0.15, 0.2) is 109 Å². The summed E-state index contributed by atoms with van der Waals surface area (Å²) in [5.74, 6) is -2.31. The lowest BCUT2D eigenvalue weighted by atomic mass is 10.0. The normalized spacial score (nSPS) is 13.6. The van der Waals surface area contributed by atoms with Crippen LogP contribution in [-0.2, 0) is 33.3 Å². The number of unbranched alkanes of at least 4 members (excludes halogenated alkanes) is 19. The maximum absolute atomic E-state index is 12.8. The monoisotopic (exact) mass is 1020 g/mol. The molecule has 0 amide bonds. The number of carbonyl (C=O) groups excluding carboxylic acids is 3. The first-order valence-electron chi connectivity index (χ1n) is 29.0. The highest BCUT2D eigenvalue weighted by Crippen LogP contribution is 2.14. The van der Waals surface area contributed by atoms with E-state index in [0.29, 0.717) is 17.4 Å². The van der Waals surface area contributed by atoms with Gasteiger partial charge in [-0.15, -0.1) is 0 Å². The summed E-state index contributed by atoms with van der Waals surface area (Å²) in [6.07, 6.45) is 71.4. The van der Waals surface area contributed by atoms with Crippen molar-refractivity contribution < 1.29 is 42.9 Å². The summed E-state index contributed by atoms with van der Waals surface area (Å²) >= 11 is 0. The molecule has 0 aliphatic heterocycles. The second kappa shape index (κ2) is 54.2. The Morgan fingerprint density at radius 1 is 0.425 bits per heavy atom. The van der Waals surface area contributed by atoms with Crippen LogP contribution in [0.5, 0.6) is 0 Å². The molecule has 416 valence electrons. The molecule has 2 atom stereocenters.